The Morgan fingerprint density at radius 1 is 1.59 bits per heavy atom. The highest BCUT2D eigenvalue weighted by molar-refractivity contribution is 5.79. The fourth-order valence-electron chi connectivity index (χ4n) is 2.21. The van der Waals surface area contributed by atoms with Gasteiger partial charge < -0.3 is 9.64 Å². The van der Waals surface area contributed by atoms with Gasteiger partial charge in [0.05, 0.1) is 24.5 Å². The van der Waals surface area contributed by atoms with Gasteiger partial charge in [-0.25, -0.2) is 0 Å². The van der Waals surface area contributed by atoms with Gasteiger partial charge in [0.25, 0.3) is 0 Å². The van der Waals surface area contributed by atoms with Crippen molar-refractivity contribution in [3.05, 3.63) is 0 Å². The third kappa shape index (κ3) is 4.01. The molecule has 1 aliphatic rings. The second-order valence-corrected chi connectivity index (χ2v) is 5.06. The maximum Gasteiger partial charge on any atom is 0.228 e. The van der Waals surface area contributed by atoms with Gasteiger partial charge in [-0.15, -0.1) is 0 Å². The molecule has 2 atom stereocenters. The Bertz CT molecular complexity index is 296. The van der Waals surface area contributed by atoms with E-state index in [4.69, 9.17) is 10.00 Å². The van der Waals surface area contributed by atoms with Crippen LogP contribution in [0.4, 0.5) is 0 Å². The first kappa shape index (κ1) is 14.0. The highest BCUT2D eigenvalue weighted by Gasteiger charge is 2.33. The lowest BCUT2D eigenvalue weighted by Crippen LogP contribution is -2.41. The Labute approximate surface area is 104 Å². The van der Waals surface area contributed by atoms with E-state index in [1.165, 1.54) is 0 Å². The van der Waals surface area contributed by atoms with Crippen molar-refractivity contribution in [3.8, 4) is 6.07 Å². The summed E-state index contributed by atoms with van der Waals surface area (Å²) in [5, 5.41) is 8.64. The Kier molecular flexibility index (Phi) is 5.43. The first-order chi connectivity index (χ1) is 8.06. The lowest BCUT2D eigenvalue weighted by atomic mass is 10.00. The normalized spacial score (nSPS) is 23.7. The smallest absolute Gasteiger partial charge is 0.228 e. The average Bonchev–Trinajstić information content (AvgIpc) is 2.69. The predicted octanol–water partition coefficient (Wildman–Crippen LogP) is 1.81. The van der Waals surface area contributed by atoms with E-state index in [0.29, 0.717) is 25.5 Å². The third-order valence-corrected chi connectivity index (χ3v) is 3.08. The van der Waals surface area contributed by atoms with Gasteiger partial charge in [0, 0.05) is 19.7 Å². The first-order valence-electron chi connectivity index (χ1n) is 6.33. The zero-order valence-corrected chi connectivity index (χ0v) is 11.0. The number of amides is 1. The van der Waals surface area contributed by atoms with Crippen LogP contribution in [-0.2, 0) is 9.53 Å². The van der Waals surface area contributed by atoms with Crippen LogP contribution in [0.1, 0.15) is 33.6 Å². The minimum absolute atomic E-state index is 0.0132. The van der Waals surface area contributed by atoms with Gasteiger partial charge in [0.2, 0.25) is 5.91 Å². The fraction of sp³-hybridized carbons (Fsp3) is 0.846. The number of hydrogen-bond donors (Lipinski definition) is 0. The fourth-order valence-corrected chi connectivity index (χ4v) is 2.21. The van der Waals surface area contributed by atoms with Gasteiger partial charge >= 0.3 is 0 Å². The van der Waals surface area contributed by atoms with Crippen molar-refractivity contribution >= 4 is 5.91 Å². The molecule has 0 N–H and O–H groups in total. The quantitative estimate of drug-likeness (QED) is 0.734. The van der Waals surface area contributed by atoms with E-state index in [-0.39, 0.29) is 17.9 Å². The van der Waals surface area contributed by atoms with E-state index >= 15 is 0 Å². The van der Waals surface area contributed by atoms with Crippen LogP contribution in [0.25, 0.3) is 0 Å². The maximum absolute atomic E-state index is 12.3. The summed E-state index contributed by atoms with van der Waals surface area (Å²) in [5.41, 5.74) is 0. The van der Waals surface area contributed by atoms with Crippen molar-refractivity contribution in [3.63, 3.8) is 0 Å². The van der Waals surface area contributed by atoms with E-state index in [1.54, 1.807) is 0 Å². The molecule has 96 valence electrons. The summed E-state index contributed by atoms with van der Waals surface area (Å²) in [6.45, 7) is 8.06. The van der Waals surface area contributed by atoms with Crippen LogP contribution in [0.3, 0.4) is 0 Å². The Morgan fingerprint density at radius 2 is 2.29 bits per heavy atom. The van der Waals surface area contributed by atoms with Crippen LogP contribution in [-0.4, -0.2) is 36.6 Å². The summed E-state index contributed by atoms with van der Waals surface area (Å²) in [6.07, 6.45) is 1.22. The molecular formula is C13H22N2O2. The van der Waals surface area contributed by atoms with E-state index in [2.05, 4.69) is 19.9 Å². The summed E-state index contributed by atoms with van der Waals surface area (Å²) in [6, 6.07) is 2.10. The van der Waals surface area contributed by atoms with Crippen LogP contribution in [0, 0.1) is 23.2 Å². The topological polar surface area (TPSA) is 53.3 Å². The Hall–Kier alpha value is -1.08. The number of nitriles is 1. The predicted molar refractivity (Wildman–Crippen MR) is 65.2 cm³/mol. The minimum atomic E-state index is -0.0209. The molecule has 0 bridgehead atoms. The highest BCUT2D eigenvalue weighted by Crippen LogP contribution is 2.23. The van der Waals surface area contributed by atoms with Crippen LogP contribution in [0.5, 0.6) is 0 Å². The monoisotopic (exact) mass is 238 g/mol. The summed E-state index contributed by atoms with van der Waals surface area (Å²) >= 11 is 0. The minimum Gasteiger partial charge on any atom is -0.378 e. The Balaban J connectivity index is 2.61. The molecule has 17 heavy (non-hydrogen) atoms. The SMILES string of the molecule is CC(C)CN(CCC#N)C(=O)C1CCOC1C. The number of carbonyl (C=O) groups is 1. The molecule has 1 amide bonds. The standard InChI is InChI=1S/C13H22N2O2/c1-10(2)9-15(7-4-6-14)13(16)12-5-8-17-11(12)3/h10-12H,4-5,7-9H2,1-3H3. The largest absolute Gasteiger partial charge is 0.378 e. The zero-order chi connectivity index (χ0) is 12.8. The summed E-state index contributed by atoms with van der Waals surface area (Å²) in [7, 11) is 0. The van der Waals surface area contributed by atoms with E-state index < -0.39 is 0 Å². The number of carbonyl (C=O) groups excluding carboxylic acids is 1. The first-order valence-corrected chi connectivity index (χ1v) is 6.33. The molecule has 1 heterocycles. The van der Waals surface area contributed by atoms with E-state index in [9.17, 15) is 4.79 Å². The van der Waals surface area contributed by atoms with Crippen LogP contribution in [0.15, 0.2) is 0 Å². The lowest BCUT2D eigenvalue weighted by molar-refractivity contribution is -0.137. The van der Waals surface area contributed by atoms with Crippen molar-refractivity contribution in [1.82, 2.24) is 4.90 Å². The number of nitrogens with zero attached hydrogens (tertiary/aromatic N) is 2. The molecule has 1 fully saturated rings. The van der Waals surface area contributed by atoms with Gasteiger partial charge in [-0.2, -0.15) is 5.26 Å². The molecule has 0 aromatic rings. The van der Waals surface area contributed by atoms with Crippen LogP contribution >= 0.6 is 0 Å². The molecule has 0 radical (unpaired) electrons. The maximum atomic E-state index is 12.3. The van der Waals surface area contributed by atoms with Crippen molar-refractivity contribution in [2.45, 2.75) is 39.7 Å². The van der Waals surface area contributed by atoms with Gasteiger partial charge in [0.15, 0.2) is 0 Å². The van der Waals surface area contributed by atoms with Crippen molar-refractivity contribution in [1.29, 1.82) is 5.26 Å². The number of ether oxygens (including phenoxy) is 1. The van der Waals surface area contributed by atoms with E-state index in [0.717, 1.165) is 13.0 Å². The number of rotatable bonds is 5. The summed E-state index contributed by atoms with van der Waals surface area (Å²) in [4.78, 5) is 14.2. The number of hydrogen-bond acceptors (Lipinski definition) is 3. The van der Waals surface area contributed by atoms with Gasteiger partial charge in [-0.3, -0.25) is 4.79 Å². The molecule has 1 aliphatic heterocycles. The van der Waals surface area contributed by atoms with Crippen molar-refractivity contribution < 1.29 is 9.53 Å². The third-order valence-electron chi connectivity index (χ3n) is 3.08. The van der Waals surface area contributed by atoms with Crippen molar-refractivity contribution in [2.24, 2.45) is 11.8 Å². The molecular weight excluding hydrogens is 216 g/mol. The molecule has 0 saturated carbocycles. The molecule has 1 rings (SSSR count). The second-order valence-electron chi connectivity index (χ2n) is 5.06. The second kappa shape index (κ2) is 6.61. The van der Waals surface area contributed by atoms with Gasteiger partial charge in [-0.05, 0) is 19.3 Å². The van der Waals surface area contributed by atoms with Gasteiger partial charge in [0.1, 0.15) is 0 Å². The average molecular weight is 238 g/mol. The Morgan fingerprint density at radius 3 is 2.76 bits per heavy atom. The van der Waals surface area contributed by atoms with Crippen LogP contribution in [0.2, 0.25) is 0 Å². The van der Waals surface area contributed by atoms with E-state index in [1.807, 2.05) is 11.8 Å². The molecule has 0 aromatic heterocycles. The highest BCUT2D eigenvalue weighted by atomic mass is 16.5. The molecule has 2 unspecified atom stereocenters. The molecule has 4 nitrogen and oxygen atoms in total. The molecule has 4 heteroatoms. The molecule has 1 saturated heterocycles. The summed E-state index contributed by atoms with van der Waals surface area (Å²) in [5.74, 6) is 0.557. The zero-order valence-electron chi connectivity index (χ0n) is 11.0. The molecule has 0 spiro atoms. The molecule has 0 aliphatic carbocycles. The lowest BCUT2D eigenvalue weighted by Gasteiger charge is -2.27. The molecule has 0 aromatic carbocycles. The summed E-state index contributed by atoms with van der Waals surface area (Å²) < 4.78 is 5.43. The van der Waals surface area contributed by atoms with Crippen molar-refractivity contribution in [2.75, 3.05) is 19.7 Å². The van der Waals surface area contributed by atoms with Crippen LogP contribution < -0.4 is 0 Å². The van der Waals surface area contributed by atoms with Gasteiger partial charge in [-0.1, -0.05) is 13.8 Å².